The van der Waals surface area contributed by atoms with Crippen LogP contribution >= 0.6 is 0 Å². The maximum Gasteiger partial charge on any atom is 0.391 e. The Bertz CT molecular complexity index is 340. The van der Waals surface area contributed by atoms with E-state index >= 15 is 0 Å². The number of benzene rings is 1. The highest BCUT2D eigenvalue weighted by Crippen LogP contribution is 2.23. The molecule has 0 saturated carbocycles. The van der Waals surface area contributed by atoms with E-state index in [-0.39, 0.29) is 5.56 Å². The second kappa shape index (κ2) is 4.78. The molecule has 1 atom stereocenters. The van der Waals surface area contributed by atoms with Gasteiger partial charge in [0.15, 0.2) is 0 Å². The fourth-order valence-electron chi connectivity index (χ4n) is 1.34. The highest BCUT2D eigenvalue weighted by Gasteiger charge is 2.31. The summed E-state index contributed by atoms with van der Waals surface area (Å²) in [5.74, 6) is -1.76. The van der Waals surface area contributed by atoms with Crippen molar-refractivity contribution in [3.8, 4) is 0 Å². The van der Waals surface area contributed by atoms with Crippen molar-refractivity contribution in [2.45, 2.75) is 25.1 Å². The van der Waals surface area contributed by atoms with Crippen molar-refractivity contribution in [2.75, 3.05) is 0 Å². The van der Waals surface area contributed by atoms with Crippen molar-refractivity contribution in [3.05, 3.63) is 35.4 Å². The molecule has 1 aromatic rings. The molecule has 1 aromatic carbocycles. The predicted octanol–water partition coefficient (Wildman–Crippen LogP) is 2.82. The lowest BCUT2D eigenvalue weighted by molar-refractivity contribution is -0.153. The van der Waals surface area contributed by atoms with Gasteiger partial charge in [-0.15, -0.1) is 0 Å². The largest absolute Gasteiger partial charge is 0.392 e. The summed E-state index contributed by atoms with van der Waals surface area (Å²) in [6.07, 6.45) is -8.02. The Hall–Kier alpha value is -1.17. The average molecular weight is 240 g/mol. The summed E-state index contributed by atoms with van der Waals surface area (Å²) >= 11 is 0. The summed E-state index contributed by atoms with van der Waals surface area (Å²) in [6.45, 7) is 0. The highest BCUT2D eigenvalue weighted by molar-refractivity contribution is 5.18. The van der Waals surface area contributed by atoms with Crippen LogP contribution < -0.4 is 0 Å². The molecule has 16 heavy (non-hydrogen) atoms. The number of hydrogen-bond acceptors (Lipinski definition) is 1. The minimum Gasteiger partial charge on any atom is -0.392 e. The maximum atomic E-state index is 12.7. The molecule has 0 saturated heterocycles. The monoisotopic (exact) mass is 240 g/mol. The smallest absolute Gasteiger partial charge is 0.391 e. The first-order valence-corrected chi connectivity index (χ1v) is 4.46. The van der Waals surface area contributed by atoms with Crippen LogP contribution in [0.1, 0.15) is 12.0 Å². The number of aliphatic hydroxyl groups excluding tert-OH is 1. The van der Waals surface area contributed by atoms with Crippen LogP contribution in [0.4, 0.5) is 22.0 Å². The Morgan fingerprint density at radius 1 is 1.06 bits per heavy atom. The molecule has 0 heterocycles. The minimum absolute atomic E-state index is 0.00532. The maximum absolute atomic E-state index is 12.7. The zero-order valence-corrected chi connectivity index (χ0v) is 8.06. The van der Waals surface area contributed by atoms with Gasteiger partial charge in [0.2, 0.25) is 0 Å². The first-order chi connectivity index (χ1) is 7.26. The molecule has 0 aliphatic heterocycles. The fraction of sp³-hybridized carbons (Fsp3) is 0.400. The molecule has 0 fully saturated rings. The third-order valence-electron chi connectivity index (χ3n) is 1.86. The van der Waals surface area contributed by atoms with Gasteiger partial charge >= 0.3 is 6.18 Å². The fourth-order valence-corrected chi connectivity index (χ4v) is 1.34. The van der Waals surface area contributed by atoms with Gasteiger partial charge in [-0.3, -0.25) is 0 Å². The van der Waals surface area contributed by atoms with Crippen LogP contribution in [0.2, 0.25) is 0 Å². The van der Waals surface area contributed by atoms with Crippen molar-refractivity contribution in [3.63, 3.8) is 0 Å². The van der Waals surface area contributed by atoms with Crippen molar-refractivity contribution >= 4 is 0 Å². The Balaban J connectivity index is 2.66. The summed E-state index contributed by atoms with van der Waals surface area (Å²) in [5, 5.41) is 9.06. The van der Waals surface area contributed by atoms with E-state index in [0.29, 0.717) is 6.07 Å². The van der Waals surface area contributed by atoms with E-state index in [4.69, 9.17) is 5.11 Å². The molecule has 1 nitrogen and oxygen atoms in total. The van der Waals surface area contributed by atoms with E-state index < -0.39 is 36.8 Å². The van der Waals surface area contributed by atoms with Gasteiger partial charge in [-0.1, -0.05) is 0 Å². The van der Waals surface area contributed by atoms with Gasteiger partial charge in [0.25, 0.3) is 0 Å². The summed E-state index contributed by atoms with van der Waals surface area (Å²) in [5.41, 5.74) is -0.00532. The molecule has 0 aliphatic carbocycles. The molecular weight excluding hydrogens is 231 g/mol. The number of hydrogen-bond donors (Lipinski definition) is 1. The Morgan fingerprint density at radius 3 is 2.00 bits per heavy atom. The molecule has 0 aromatic heterocycles. The SMILES string of the molecule is OC(Cc1cc(F)cc(F)c1)CC(F)(F)F. The lowest BCUT2D eigenvalue weighted by Gasteiger charge is -2.13. The number of rotatable bonds is 3. The molecule has 0 radical (unpaired) electrons. The van der Waals surface area contributed by atoms with Gasteiger partial charge < -0.3 is 5.11 Å². The first-order valence-electron chi connectivity index (χ1n) is 4.46. The number of aliphatic hydroxyl groups is 1. The summed E-state index contributed by atoms with van der Waals surface area (Å²) in [4.78, 5) is 0. The molecule has 1 rings (SSSR count). The van der Waals surface area contributed by atoms with Gasteiger partial charge in [0.05, 0.1) is 12.5 Å². The topological polar surface area (TPSA) is 20.2 Å². The summed E-state index contributed by atoms with van der Waals surface area (Å²) in [6, 6.07) is 2.39. The molecule has 0 aliphatic rings. The summed E-state index contributed by atoms with van der Waals surface area (Å²) in [7, 11) is 0. The molecule has 1 unspecified atom stereocenters. The van der Waals surface area contributed by atoms with Crippen molar-refractivity contribution in [2.24, 2.45) is 0 Å². The quantitative estimate of drug-likeness (QED) is 0.805. The van der Waals surface area contributed by atoms with Crippen LogP contribution in [0.25, 0.3) is 0 Å². The van der Waals surface area contributed by atoms with E-state index in [0.717, 1.165) is 12.1 Å². The third kappa shape index (κ3) is 4.57. The standard InChI is InChI=1S/C10H9F5O/c11-7-1-6(2-8(12)4-7)3-9(16)5-10(13,14)15/h1-2,4,9,16H,3,5H2. The molecule has 0 spiro atoms. The van der Waals surface area contributed by atoms with Gasteiger partial charge in [-0.25, -0.2) is 8.78 Å². The van der Waals surface area contributed by atoms with Crippen LogP contribution in [-0.2, 0) is 6.42 Å². The van der Waals surface area contributed by atoms with Crippen LogP contribution in [0, 0.1) is 11.6 Å². The number of alkyl halides is 3. The molecule has 6 heteroatoms. The Labute approximate surface area is 88.5 Å². The van der Waals surface area contributed by atoms with Crippen LogP contribution in [0.3, 0.4) is 0 Å². The van der Waals surface area contributed by atoms with E-state index in [1.165, 1.54) is 0 Å². The van der Waals surface area contributed by atoms with Gasteiger partial charge in [0.1, 0.15) is 11.6 Å². The molecule has 0 bridgehead atoms. The zero-order valence-electron chi connectivity index (χ0n) is 8.06. The van der Waals surface area contributed by atoms with Gasteiger partial charge in [-0.2, -0.15) is 13.2 Å². The normalized spacial score (nSPS) is 13.9. The lowest BCUT2D eigenvalue weighted by atomic mass is 10.1. The van der Waals surface area contributed by atoms with Crippen molar-refractivity contribution < 1.29 is 27.1 Å². The second-order valence-corrected chi connectivity index (χ2v) is 3.45. The highest BCUT2D eigenvalue weighted by atomic mass is 19.4. The van der Waals surface area contributed by atoms with Crippen molar-refractivity contribution in [1.82, 2.24) is 0 Å². The minimum atomic E-state index is -4.49. The molecule has 0 amide bonds. The summed E-state index contributed by atoms with van der Waals surface area (Å²) < 4.78 is 60.9. The van der Waals surface area contributed by atoms with Crippen LogP contribution in [0.5, 0.6) is 0 Å². The van der Waals surface area contributed by atoms with Gasteiger partial charge in [0, 0.05) is 6.07 Å². The Morgan fingerprint density at radius 2 is 1.56 bits per heavy atom. The predicted molar refractivity (Wildman–Crippen MR) is 46.7 cm³/mol. The van der Waals surface area contributed by atoms with E-state index in [2.05, 4.69) is 0 Å². The van der Waals surface area contributed by atoms with E-state index in [1.807, 2.05) is 0 Å². The van der Waals surface area contributed by atoms with Crippen LogP contribution in [-0.4, -0.2) is 17.4 Å². The first kappa shape index (κ1) is 12.9. The molecular formula is C10H9F5O. The second-order valence-electron chi connectivity index (χ2n) is 3.45. The lowest BCUT2D eigenvalue weighted by Crippen LogP contribution is -2.21. The van der Waals surface area contributed by atoms with Crippen LogP contribution in [0.15, 0.2) is 18.2 Å². The van der Waals surface area contributed by atoms with E-state index in [9.17, 15) is 22.0 Å². The van der Waals surface area contributed by atoms with Gasteiger partial charge in [-0.05, 0) is 24.1 Å². The Kier molecular flexibility index (Phi) is 3.85. The molecule has 90 valence electrons. The van der Waals surface area contributed by atoms with Crippen molar-refractivity contribution in [1.29, 1.82) is 0 Å². The van der Waals surface area contributed by atoms with E-state index in [1.54, 1.807) is 0 Å². The zero-order chi connectivity index (χ0) is 12.3. The molecule has 1 N–H and O–H groups in total. The number of halogens is 5. The third-order valence-corrected chi connectivity index (χ3v) is 1.86. The average Bonchev–Trinajstić information content (AvgIpc) is 1.96.